The topological polar surface area (TPSA) is 151 Å². The van der Waals surface area contributed by atoms with Crippen LogP contribution in [-0.2, 0) is 9.53 Å². The molecule has 1 aliphatic rings. The molecule has 20 heavy (non-hydrogen) atoms. The van der Waals surface area contributed by atoms with Crippen molar-refractivity contribution in [1.29, 1.82) is 0 Å². The van der Waals surface area contributed by atoms with Crippen molar-refractivity contribution in [2.75, 3.05) is 19.7 Å². The van der Waals surface area contributed by atoms with Gasteiger partial charge in [-0.05, 0) is 19.4 Å². The number of hydrogen-bond donors (Lipinski definition) is 5. The third-order valence-corrected chi connectivity index (χ3v) is 3.14. The molecule has 0 aromatic rings. The van der Waals surface area contributed by atoms with Gasteiger partial charge in [0, 0.05) is 13.0 Å². The summed E-state index contributed by atoms with van der Waals surface area (Å²) < 4.78 is 4.80. The Morgan fingerprint density at radius 1 is 1.00 bits per heavy atom. The normalized spacial score (nSPS) is 34.5. The van der Waals surface area contributed by atoms with E-state index >= 15 is 0 Å². The number of carbonyl (C=O) groups excluding carboxylic acids is 1. The van der Waals surface area contributed by atoms with Gasteiger partial charge in [0.05, 0.1) is 6.10 Å². The lowest BCUT2D eigenvalue weighted by Crippen LogP contribution is -2.49. The van der Waals surface area contributed by atoms with E-state index in [9.17, 15) is 25.2 Å². The van der Waals surface area contributed by atoms with Gasteiger partial charge in [-0.2, -0.15) is 0 Å². The molecule has 0 aromatic carbocycles. The van der Waals surface area contributed by atoms with E-state index in [1.54, 1.807) is 0 Å². The van der Waals surface area contributed by atoms with Gasteiger partial charge in [0.1, 0.15) is 24.9 Å². The molecule has 0 aliphatic carbocycles. The average Bonchev–Trinajstić information content (AvgIpc) is 2.40. The van der Waals surface area contributed by atoms with Crippen molar-refractivity contribution < 1.29 is 35.4 Å². The summed E-state index contributed by atoms with van der Waals surface area (Å²) in [4.78, 5) is 11.3. The number of hydrogen-bond acceptors (Lipinski definition) is 7. The molecule has 0 spiro atoms. The van der Waals surface area contributed by atoms with E-state index in [2.05, 4.69) is 5.32 Å². The molecule has 0 bridgehead atoms. The standard InChI is InChI=1S/C12H23NO6.H2O/c14-8-6-13-5-3-1-2-4-10(16)19-7-9(15)12(18)11(8)17;/h8-9,11-15,17-18H,1-7H2;1H2/t8-,9+,11-,12-;/m1./s1. The van der Waals surface area contributed by atoms with Crippen LogP contribution in [0.3, 0.4) is 0 Å². The minimum Gasteiger partial charge on any atom is -0.463 e. The van der Waals surface area contributed by atoms with E-state index in [-0.39, 0.29) is 18.4 Å². The van der Waals surface area contributed by atoms with Crippen LogP contribution in [0.5, 0.6) is 0 Å². The smallest absolute Gasteiger partial charge is 0.305 e. The summed E-state index contributed by atoms with van der Waals surface area (Å²) in [6.45, 7) is 0.388. The molecule has 8 nitrogen and oxygen atoms in total. The molecule has 7 N–H and O–H groups in total. The van der Waals surface area contributed by atoms with Crippen LogP contribution in [0.4, 0.5) is 0 Å². The zero-order valence-electron chi connectivity index (χ0n) is 11.4. The third-order valence-electron chi connectivity index (χ3n) is 3.14. The summed E-state index contributed by atoms with van der Waals surface area (Å²) >= 11 is 0. The number of esters is 1. The Bertz CT molecular complexity index is 277. The number of ether oxygens (including phenoxy) is 1. The highest BCUT2D eigenvalue weighted by Gasteiger charge is 2.30. The van der Waals surface area contributed by atoms with Crippen LogP contribution in [0.15, 0.2) is 0 Å². The van der Waals surface area contributed by atoms with Gasteiger partial charge < -0.3 is 36.0 Å². The fraction of sp³-hybridized carbons (Fsp3) is 0.917. The van der Waals surface area contributed by atoms with E-state index in [1.165, 1.54) is 0 Å². The lowest BCUT2D eigenvalue weighted by Gasteiger charge is -2.26. The summed E-state index contributed by atoms with van der Waals surface area (Å²) in [5.41, 5.74) is 0. The van der Waals surface area contributed by atoms with Crippen LogP contribution in [0.25, 0.3) is 0 Å². The van der Waals surface area contributed by atoms with Crippen LogP contribution >= 0.6 is 0 Å². The largest absolute Gasteiger partial charge is 0.463 e. The number of aliphatic hydroxyl groups excluding tert-OH is 4. The van der Waals surface area contributed by atoms with Crippen molar-refractivity contribution in [3.05, 3.63) is 0 Å². The minimum atomic E-state index is -1.56. The van der Waals surface area contributed by atoms with Gasteiger partial charge in [-0.25, -0.2) is 0 Å². The Labute approximate surface area is 117 Å². The van der Waals surface area contributed by atoms with Crippen LogP contribution in [0.2, 0.25) is 0 Å². The quantitative estimate of drug-likeness (QED) is 0.305. The first-order valence-corrected chi connectivity index (χ1v) is 6.61. The maximum Gasteiger partial charge on any atom is 0.305 e. The number of rotatable bonds is 0. The molecule has 1 aliphatic heterocycles. The first-order valence-electron chi connectivity index (χ1n) is 6.61. The summed E-state index contributed by atoms with van der Waals surface area (Å²) in [5.74, 6) is -0.439. The lowest BCUT2D eigenvalue weighted by molar-refractivity contribution is -0.155. The van der Waals surface area contributed by atoms with E-state index in [4.69, 9.17) is 4.74 Å². The second-order valence-electron chi connectivity index (χ2n) is 4.81. The zero-order valence-corrected chi connectivity index (χ0v) is 11.4. The highest BCUT2D eigenvalue weighted by molar-refractivity contribution is 5.69. The monoisotopic (exact) mass is 295 g/mol. The molecule has 1 heterocycles. The Morgan fingerprint density at radius 2 is 1.65 bits per heavy atom. The van der Waals surface area contributed by atoms with Gasteiger partial charge in [0.15, 0.2) is 0 Å². The maximum absolute atomic E-state index is 11.3. The first kappa shape index (κ1) is 19.2. The Hall–Kier alpha value is -0.770. The average molecular weight is 295 g/mol. The molecule has 120 valence electrons. The van der Waals surface area contributed by atoms with Gasteiger partial charge in [-0.1, -0.05) is 6.42 Å². The predicted octanol–water partition coefficient (Wildman–Crippen LogP) is -2.69. The Kier molecular flexibility index (Phi) is 9.64. The SMILES string of the molecule is O.O=C1CCCCCNC[C@@H](O)[C@@H](O)[C@H](O)[C@@H](O)CO1. The van der Waals surface area contributed by atoms with Crippen LogP contribution < -0.4 is 5.32 Å². The van der Waals surface area contributed by atoms with Crippen molar-refractivity contribution in [1.82, 2.24) is 5.32 Å². The van der Waals surface area contributed by atoms with Crippen LogP contribution in [-0.4, -0.2) is 76.0 Å². The number of cyclic esters (lactones) is 1. The van der Waals surface area contributed by atoms with Crippen LogP contribution in [0.1, 0.15) is 25.7 Å². The summed E-state index contributed by atoms with van der Waals surface area (Å²) in [6, 6.07) is 0. The molecule has 1 fully saturated rings. The fourth-order valence-electron chi connectivity index (χ4n) is 1.87. The van der Waals surface area contributed by atoms with E-state index < -0.39 is 37.0 Å². The van der Waals surface area contributed by atoms with Gasteiger partial charge in [-0.15, -0.1) is 0 Å². The zero-order chi connectivity index (χ0) is 14.3. The highest BCUT2D eigenvalue weighted by atomic mass is 16.5. The molecule has 1 saturated heterocycles. The number of nitrogens with one attached hydrogen (secondary N) is 1. The third kappa shape index (κ3) is 6.60. The molecule has 1 rings (SSSR count). The van der Waals surface area contributed by atoms with Crippen molar-refractivity contribution >= 4 is 5.97 Å². The molecule has 4 atom stereocenters. The van der Waals surface area contributed by atoms with Gasteiger partial charge in [0.2, 0.25) is 0 Å². The Morgan fingerprint density at radius 3 is 2.35 bits per heavy atom. The van der Waals surface area contributed by atoms with Crippen LogP contribution in [0, 0.1) is 0 Å². The predicted molar refractivity (Wildman–Crippen MR) is 69.9 cm³/mol. The fourth-order valence-corrected chi connectivity index (χ4v) is 1.87. The number of carbonyl (C=O) groups is 1. The summed E-state index contributed by atoms with van der Waals surface area (Å²) in [5, 5.41) is 41.4. The Balaban J connectivity index is 0.00000361. The summed E-state index contributed by atoms with van der Waals surface area (Å²) in [6.07, 6.45) is -3.00. The second kappa shape index (κ2) is 10.0. The number of aliphatic hydroxyl groups is 4. The minimum absolute atomic E-state index is 0. The molecule has 0 saturated carbocycles. The van der Waals surface area contributed by atoms with Crippen molar-refractivity contribution in [3.63, 3.8) is 0 Å². The van der Waals surface area contributed by atoms with E-state index in [0.717, 1.165) is 12.8 Å². The van der Waals surface area contributed by atoms with Gasteiger partial charge in [-0.3, -0.25) is 4.79 Å². The second-order valence-corrected chi connectivity index (χ2v) is 4.81. The van der Waals surface area contributed by atoms with Crippen molar-refractivity contribution in [2.45, 2.75) is 50.1 Å². The maximum atomic E-state index is 11.3. The first-order chi connectivity index (χ1) is 9.02. The molecule has 0 radical (unpaired) electrons. The molecule has 0 unspecified atom stereocenters. The molecular formula is C12H25NO7. The van der Waals surface area contributed by atoms with Gasteiger partial charge >= 0.3 is 5.97 Å². The van der Waals surface area contributed by atoms with E-state index in [0.29, 0.717) is 13.0 Å². The van der Waals surface area contributed by atoms with E-state index in [1.807, 2.05) is 0 Å². The molecule has 0 amide bonds. The highest BCUT2D eigenvalue weighted by Crippen LogP contribution is 2.08. The molecular weight excluding hydrogens is 270 g/mol. The molecule has 0 aromatic heterocycles. The van der Waals surface area contributed by atoms with Gasteiger partial charge in [0.25, 0.3) is 0 Å². The lowest BCUT2D eigenvalue weighted by atomic mass is 10.0. The summed E-state index contributed by atoms with van der Waals surface area (Å²) in [7, 11) is 0. The number of β-amino-alcohol motifs (C(OH)–C–C–N with tert-alkyl or cyclic N) is 1. The molecule has 8 heteroatoms. The van der Waals surface area contributed by atoms with Crippen molar-refractivity contribution in [2.24, 2.45) is 0 Å². The van der Waals surface area contributed by atoms with Crippen molar-refractivity contribution in [3.8, 4) is 0 Å².